The minimum absolute atomic E-state index is 0.236. The third-order valence-corrected chi connectivity index (χ3v) is 4.51. The fraction of sp³-hybridized carbons (Fsp3) is 0.200. The second-order valence-corrected chi connectivity index (χ2v) is 6.14. The molecule has 118 valence electrons. The topological polar surface area (TPSA) is 50.1 Å². The Morgan fingerprint density at radius 2 is 2.00 bits per heavy atom. The number of allylic oxidation sites excluding steroid dienone is 1. The van der Waals surface area contributed by atoms with Crippen molar-refractivity contribution < 1.29 is 13.9 Å². The number of carbonyl (C=O) groups is 1. The molecule has 1 heterocycles. The van der Waals surface area contributed by atoms with Crippen LogP contribution in [-0.4, -0.2) is 6.29 Å². The van der Waals surface area contributed by atoms with E-state index >= 15 is 0 Å². The monoisotopic (exact) mass is 319 g/mol. The van der Waals surface area contributed by atoms with Crippen LogP contribution in [0.25, 0.3) is 5.57 Å². The highest BCUT2D eigenvalue weighted by Crippen LogP contribution is 2.46. The number of carbonyl (C=O) groups excluding carboxylic acids is 1. The van der Waals surface area contributed by atoms with Gasteiger partial charge in [-0.15, -0.1) is 0 Å². The van der Waals surface area contributed by atoms with Gasteiger partial charge in [-0.25, -0.2) is 4.39 Å². The van der Waals surface area contributed by atoms with Gasteiger partial charge in [0, 0.05) is 28.3 Å². The lowest BCUT2D eigenvalue weighted by atomic mass is 9.88. The van der Waals surface area contributed by atoms with Crippen LogP contribution in [0.4, 0.5) is 4.39 Å². The van der Waals surface area contributed by atoms with Crippen molar-refractivity contribution in [2.75, 3.05) is 0 Å². The van der Waals surface area contributed by atoms with Crippen LogP contribution in [0.5, 0.6) is 5.75 Å². The lowest BCUT2D eigenvalue weighted by Gasteiger charge is -2.13. The van der Waals surface area contributed by atoms with Gasteiger partial charge >= 0.3 is 0 Å². The minimum atomic E-state index is -0.377. The maximum absolute atomic E-state index is 13.6. The van der Waals surface area contributed by atoms with E-state index < -0.39 is 0 Å². The van der Waals surface area contributed by atoms with E-state index in [0.717, 1.165) is 41.4 Å². The first-order chi connectivity index (χ1) is 11.7. The van der Waals surface area contributed by atoms with Gasteiger partial charge in [0.25, 0.3) is 0 Å². The summed E-state index contributed by atoms with van der Waals surface area (Å²) in [4.78, 5) is 11.1. The van der Waals surface area contributed by atoms with Crippen LogP contribution in [0.15, 0.2) is 42.0 Å². The highest BCUT2D eigenvalue weighted by Gasteiger charge is 2.32. The van der Waals surface area contributed by atoms with Crippen LogP contribution in [0, 0.1) is 23.1 Å². The summed E-state index contributed by atoms with van der Waals surface area (Å²) in [6.07, 6.45) is 2.77. The van der Waals surface area contributed by atoms with E-state index in [1.807, 2.05) is 6.07 Å². The van der Waals surface area contributed by atoms with Gasteiger partial charge in [-0.05, 0) is 48.1 Å². The lowest BCUT2D eigenvalue weighted by molar-refractivity contribution is 0.112. The summed E-state index contributed by atoms with van der Waals surface area (Å²) in [5, 5.41) is 9.71. The summed E-state index contributed by atoms with van der Waals surface area (Å²) in [6, 6.07) is 12.1. The Kier molecular flexibility index (Phi) is 3.42. The Labute approximate surface area is 139 Å². The first-order valence-electron chi connectivity index (χ1n) is 7.86. The zero-order chi connectivity index (χ0) is 16.7. The number of rotatable bonds is 2. The van der Waals surface area contributed by atoms with E-state index in [0.29, 0.717) is 16.9 Å². The van der Waals surface area contributed by atoms with Crippen molar-refractivity contribution in [1.82, 2.24) is 0 Å². The summed E-state index contributed by atoms with van der Waals surface area (Å²) < 4.78 is 19.4. The molecule has 4 rings (SSSR count). The van der Waals surface area contributed by atoms with Gasteiger partial charge in [0.05, 0.1) is 6.07 Å². The van der Waals surface area contributed by atoms with Crippen LogP contribution in [-0.2, 0) is 6.61 Å². The Morgan fingerprint density at radius 1 is 1.21 bits per heavy atom. The number of nitrogens with zero attached hydrogens (tertiary/aromatic N) is 1. The number of benzene rings is 2. The van der Waals surface area contributed by atoms with Gasteiger partial charge in [-0.2, -0.15) is 5.26 Å². The fourth-order valence-electron chi connectivity index (χ4n) is 3.19. The van der Waals surface area contributed by atoms with Crippen LogP contribution in [0.3, 0.4) is 0 Å². The van der Waals surface area contributed by atoms with Gasteiger partial charge in [-0.1, -0.05) is 12.1 Å². The number of hydrogen-bond acceptors (Lipinski definition) is 3. The first kappa shape index (κ1) is 14.6. The van der Waals surface area contributed by atoms with Crippen molar-refractivity contribution >= 4 is 11.9 Å². The Morgan fingerprint density at radius 3 is 2.71 bits per heavy atom. The molecule has 1 fully saturated rings. The van der Waals surface area contributed by atoms with E-state index in [1.165, 1.54) is 12.1 Å². The third-order valence-electron chi connectivity index (χ3n) is 4.51. The van der Waals surface area contributed by atoms with Crippen molar-refractivity contribution in [3.8, 4) is 11.8 Å². The molecule has 0 N–H and O–H groups in total. The molecule has 0 radical (unpaired) electrons. The van der Waals surface area contributed by atoms with Crippen LogP contribution >= 0.6 is 0 Å². The summed E-state index contributed by atoms with van der Waals surface area (Å²) in [5.74, 6) is 0.305. The molecule has 0 unspecified atom stereocenters. The molecule has 0 atom stereocenters. The molecule has 1 aliphatic carbocycles. The largest absolute Gasteiger partial charge is 0.488 e. The third kappa shape index (κ3) is 2.39. The number of halogens is 1. The van der Waals surface area contributed by atoms with Crippen LogP contribution in [0.1, 0.15) is 39.9 Å². The number of hydrogen-bond donors (Lipinski definition) is 0. The highest BCUT2D eigenvalue weighted by atomic mass is 19.1. The summed E-state index contributed by atoms with van der Waals surface area (Å²) in [7, 11) is 0. The molecule has 1 aliphatic heterocycles. The van der Waals surface area contributed by atoms with Crippen molar-refractivity contribution in [2.24, 2.45) is 5.92 Å². The molecular formula is C20H14FNO2. The predicted molar refractivity (Wildman–Crippen MR) is 86.9 cm³/mol. The number of nitriles is 1. The average Bonchev–Trinajstić information content (AvgIpc) is 3.43. The normalized spacial score (nSPS) is 17.7. The van der Waals surface area contributed by atoms with Gasteiger partial charge in [0.15, 0.2) is 0 Å². The van der Waals surface area contributed by atoms with Crippen molar-refractivity contribution in [3.63, 3.8) is 0 Å². The van der Waals surface area contributed by atoms with E-state index in [1.54, 1.807) is 18.2 Å². The Hall–Kier alpha value is -2.93. The van der Waals surface area contributed by atoms with E-state index in [4.69, 9.17) is 4.74 Å². The van der Waals surface area contributed by atoms with Crippen molar-refractivity contribution in [3.05, 3.63) is 70.0 Å². The standard InChI is InChI=1S/C20H14FNO2/c21-15-4-6-17-19(8-15)24-11-14-7-12(10-23)1-5-16(14)20(17)18(9-22)13-2-3-13/h1,4-8,10,13H,2-3,11H2. The highest BCUT2D eigenvalue weighted by molar-refractivity contribution is 5.90. The van der Waals surface area contributed by atoms with Crippen LogP contribution < -0.4 is 4.74 Å². The lowest BCUT2D eigenvalue weighted by Crippen LogP contribution is -1.99. The Balaban J connectivity index is 2.03. The van der Waals surface area contributed by atoms with Gasteiger partial charge in [0.2, 0.25) is 0 Å². The molecule has 0 saturated heterocycles. The second kappa shape index (κ2) is 5.61. The molecule has 0 amide bonds. The zero-order valence-electron chi connectivity index (χ0n) is 12.9. The maximum Gasteiger partial charge on any atom is 0.150 e. The smallest absolute Gasteiger partial charge is 0.150 e. The van der Waals surface area contributed by atoms with Gasteiger partial charge < -0.3 is 4.74 Å². The molecule has 4 heteroatoms. The van der Waals surface area contributed by atoms with E-state index in [9.17, 15) is 14.4 Å². The summed E-state index contributed by atoms with van der Waals surface area (Å²) in [5.41, 5.74) is 4.53. The molecule has 0 aromatic heterocycles. The number of aldehydes is 1. The molecule has 0 spiro atoms. The molecule has 0 bridgehead atoms. The zero-order valence-corrected chi connectivity index (χ0v) is 12.9. The fourth-order valence-corrected chi connectivity index (χ4v) is 3.19. The quantitative estimate of drug-likeness (QED) is 0.613. The maximum atomic E-state index is 13.6. The second-order valence-electron chi connectivity index (χ2n) is 6.14. The number of fused-ring (bicyclic) bond motifs is 2. The van der Waals surface area contributed by atoms with E-state index in [2.05, 4.69) is 6.07 Å². The minimum Gasteiger partial charge on any atom is -0.488 e. The summed E-state index contributed by atoms with van der Waals surface area (Å²) >= 11 is 0. The Bertz CT molecular complexity index is 920. The molecular weight excluding hydrogens is 305 g/mol. The molecule has 2 aromatic rings. The van der Waals surface area contributed by atoms with E-state index in [-0.39, 0.29) is 18.3 Å². The number of ether oxygens (including phenoxy) is 1. The average molecular weight is 319 g/mol. The van der Waals surface area contributed by atoms with Gasteiger partial charge in [-0.3, -0.25) is 4.79 Å². The molecule has 2 aliphatic rings. The predicted octanol–water partition coefficient (Wildman–Crippen LogP) is 4.27. The van der Waals surface area contributed by atoms with Gasteiger partial charge in [0.1, 0.15) is 24.5 Å². The molecule has 2 aromatic carbocycles. The SMILES string of the molecule is N#CC(=C1c2ccc(C=O)cc2COc2cc(F)ccc21)C1CC1. The molecule has 3 nitrogen and oxygen atoms in total. The van der Waals surface area contributed by atoms with Crippen LogP contribution in [0.2, 0.25) is 0 Å². The van der Waals surface area contributed by atoms with Crippen molar-refractivity contribution in [1.29, 1.82) is 5.26 Å². The summed E-state index contributed by atoms with van der Waals surface area (Å²) in [6.45, 7) is 0.236. The van der Waals surface area contributed by atoms with Crippen molar-refractivity contribution in [2.45, 2.75) is 19.4 Å². The first-order valence-corrected chi connectivity index (χ1v) is 7.86. The molecule has 1 saturated carbocycles. The molecule has 24 heavy (non-hydrogen) atoms.